The first-order valence-electron chi connectivity index (χ1n) is 22.8. The molecule has 2 heteroatoms. The maximum Gasteiger partial charge on any atom is 0.0788 e. The lowest BCUT2D eigenvalue weighted by atomic mass is 9.67. The molecule has 66 heavy (non-hydrogen) atoms. The second kappa shape index (κ2) is 14.5. The van der Waals surface area contributed by atoms with Gasteiger partial charge in [0.2, 0.25) is 0 Å². The van der Waals surface area contributed by atoms with Gasteiger partial charge < -0.3 is 0 Å². The third-order valence-corrected chi connectivity index (χ3v) is 15.5. The number of rotatable bonds is 4. The van der Waals surface area contributed by atoms with Gasteiger partial charge in [-0.1, -0.05) is 212 Å². The Kier molecular flexibility index (Phi) is 8.20. The van der Waals surface area contributed by atoms with E-state index in [1.54, 1.807) is 0 Å². The molecular formula is C64H39NS. The molecule has 12 aromatic rings. The fraction of sp³-hybridized carbons (Fsp3) is 0.0156. The molecule has 14 rings (SSSR count). The molecule has 11 aromatic carbocycles. The molecule has 0 N–H and O–H groups in total. The number of benzene rings is 11. The lowest BCUT2D eigenvalue weighted by molar-refractivity contribution is 0.723. The standard InChI is InChI=1S/C64H39NS/c1-3-17-40(18-4-1)41-31-33-42(34-32-41)61-46-22-7-9-24-48(46)62(49-25-10-8-23-47(49)61)44-35-36-58-52(37-44)50-39-57-51(38-53(50)63(65-58)43-19-5-2-6-20-43)45-21-11-12-26-54(45)64(57)55-27-13-15-29-59(55)66-60-30-16-14-28-56(60)64/h1-39H. The van der Waals surface area contributed by atoms with Crippen molar-refractivity contribution in [3.05, 3.63) is 259 Å². The van der Waals surface area contributed by atoms with Gasteiger partial charge in [-0.25, -0.2) is 4.98 Å². The van der Waals surface area contributed by atoms with E-state index < -0.39 is 5.41 Å². The van der Waals surface area contributed by atoms with Crippen molar-refractivity contribution in [2.75, 3.05) is 0 Å². The van der Waals surface area contributed by atoms with Crippen LogP contribution in [0, 0.1) is 0 Å². The molecule has 2 heterocycles. The number of aromatic nitrogens is 1. The molecule has 1 aliphatic carbocycles. The Morgan fingerprint density at radius 2 is 0.773 bits per heavy atom. The Bertz CT molecular complexity index is 3840. The van der Waals surface area contributed by atoms with Crippen LogP contribution >= 0.6 is 11.8 Å². The van der Waals surface area contributed by atoms with Crippen LogP contribution < -0.4 is 0 Å². The van der Waals surface area contributed by atoms with Gasteiger partial charge in [-0.15, -0.1) is 0 Å². The lowest BCUT2D eigenvalue weighted by Gasteiger charge is -2.39. The minimum atomic E-state index is -0.486. The predicted molar refractivity (Wildman–Crippen MR) is 277 cm³/mol. The molecule has 0 bridgehead atoms. The number of hydrogen-bond acceptors (Lipinski definition) is 2. The van der Waals surface area contributed by atoms with E-state index >= 15 is 0 Å². The zero-order valence-corrected chi connectivity index (χ0v) is 36.7. The molecule has 0 unspecified atom stereocenters. The third-order valence-electron chi connectivity index (χ3n) is 14.3. The molecule has 2 aliphatic rings. The van der Waals surface area contributed by atoms with Gasteiger partial charge in [-0.2, -0.15) is 0 Å². The number of fused-ring (bicyclic) bond motifs is 14. The summed E-state index contributed by atoms with van der Waals surface area (Å²) in [5.41, 5.74) is 17.9. The highest BCUT2D eigenvalue weighted by Gasteiger charge is 2.50. The summed E-state index contributed by atoms with van der Waals surface area (Å²) in [6.45, 7) is 0. The van der Waals surface area contributed by atoms with Crippen LogP contribution in [-0.2, 0) is 5.41 Å². The molecule has 1 aliphatic heterocycles. The molecule has 306 valence electrons. The van der Waals surface area contributed by atoms with Crippen molar-refractivity contribution in [3.8, 4) is 55.8 Å². The molecule has 1 spiro atoms. The quantitative estimate of drug-likeness (QED) is 0.129. The second-order valence-electron chi connectivity index (χ2n) is 17.7. The van der Waals surface area contributed by atoms with E-state index in [1.165, 1.54) is 103 Å². The van der Waals surface area contributed by atoms with Gasteiger partial charge in [-0.05, 0) is 130 Å². The summed E-state index contributed by atoms with van der Waals surface area (Å²) in [7, 11) is 0. The minimum Gasteiger partial charge on any atom is -0.247 e. The predicted octanol–water partition coefficient (Wildman–Crippen LogP) is 17.2. The van der Waals surface area contributed by atoms with E-state index in [-0.39, 0.29) is 0 Å². The van der Waals surface area contributed by atoms with Crippen molar-refractivity contribution in [2.45, 2.75) is 15.2 Å². The van der Waals surface area contributed by atoms with Gasteiger partial charge in [0, 0.05) is 26.1 Å². The summed E-state index contributed by atoms with van der Waals surface area (Å²) in [4.78, 5) is 8.18. The summed E-state index contributed by atoms with van der Waals surface area (Å²) < 4.78 is 0. The molecule has 0 saturated carbocycles. The monoisotopic (exact) mass is 853 g/mol. The van der Waals surface area contributed by atoms with Crippen molar-refractivity contribution in [2.24, 2.45) is 0 Å². The molecule has 1 aromatic heterocycles. The molecular weight excluding hydrogens is 815 g/mol. The van der Waals surface area contributed by atoms with Crippen LogP contribution in [0.1, 0.15) is 22.3 Å². The Hall–Kier alpha value is -8.04. The Labute approximate surface area is 387 Å². The van der Waals surface area contributed by atoms with E-state index in [1.807, 2.05) is 11.8 Å². The zero-order chi connectivity index (χ0) is 43.3. The van der Waals surface area contributed by atoms with Crippen LogP contribution in [-0.4, -0.2) is 4.98 Å². The molecule has 1 nitrogen and oxygen atoms in total. The Balaban J connectivity index is 1.06. The number of hydrogen-bond donors (Lipinski definition) is 0. The van der Waals surface area contributed by atoms with Crippen LogP contribution in [0.3, 0.4) is 0 Å². The van der Waals surface area contributed by atoms with Gasteiger partial charge in [-0.3, -0.25) is 0 Å². The SMILES string of the molecule is c1ccc(-c2ccc(-c3c4ccccc4c(-c4ccc5nc(-c6ccccc6)c6cc7c(cc6c5c4)C4(c5ccccc5Sc5ccccc54)c4ccccc4-7)c4ccccc34)cc2)cc1. The first-order chi connectivity index (χ1) is 32.7. The Morgan fingerprint density at radius 1 is 0.288 bits per heavy atom. The van der Waals surface area contributed by atoms with Gasteiger partial charge in [0.25, 0.3) is 0 Å². The average molecular weight is 854 g/mol. The minimum absolute atomic E-state index is 0.486. The topological polar surface area (TPSA) is 12.9 Å². The fourth-order valence-corrected chi connectivity index (χ4v) is 12.7. The van der Waals surface area contributed by atoms with Crippen LogP contribution in [0.2, 0.25) is 0 Å². The van der Waals surface area contributed by atoms with Gasteiger partial charge in [0.15, 0.2) is 0 Å². The first kappa shape index (κ1) is 37.3. The molecule has 0 amide bonds. The molecule has 0 atom stereocenters. The van der Waals surface area contributed by atoms with Gasteiger partial charge >= 0.3 is 0 Å². The van der Waals surface area contributed by atoms with Gasteiger partial charge in [0.05, 0.1) is 16.6 Å². The van der Waals surface area contributed by atoms with Crippen molar-refractivity contribution in [3.63, 3.8) is 0 Å². The first-order valence-corrected chi connectivity index (χ1v) is 23.6. The summed E-state index contributed by atoms with van der Waals surface area (Å²) in [6, 6.07) is 87.7. The maximum absolute atomic E-state index is 5.57. The van der Waals surface area contributed by atoms with Crippen LogP contribution in [0.25, 0.3) is 99.0 Å². The fourth-order valence-electron chi connectivity index (χ4n) is 11.5. The summed E-state index contributed by atoms with van der Waals surface area (Å²) >= 11 is 1.89. The lowest BCUT2D eigenvalue weighted by Crippen LogP contribution is -2.31. The van der Waals surface area contributed by atoms with E-state index in [9.17, 15) is 0 Å². The number of nitrogens with zero attached hydrogens (tertiary/aromatic N) is 1. The van der Waals surface area contributed by atoms with Crippen molar-refractivity contribution < 1.29 is 0 Å². The highest BCUT2D eigenvalue weighted by molar-refractivity contribution is 7.99. The Morgan fingerprint density at radius 3 is 1.41 bits per heavy atom. The third kappa shape index (κ3) is 5.34. The van der Waals surface area contributed by atoms with Crippen molar-refractivity contribution in [1.82, 2.24) is 4.98 Å². The summed E-state index contributed by atoms with van der Waals surface area (Å²) in [6.07, 6.45) is 0. The molecule has 0 radical (unpaired) electrons. The molecule has 0 saturated heterocycles. The van der Waals surface area contributed by atoms with E-state index in [0.29, 0.717) is 0 Å². The van der Waals surface area contributed by atoms with Crippen LogP contribution in [0.4, 0.5) is 0 Å². The smallest absolute Gasteiger partial charge is 0.0788 e. The van der Waals surface area contributed by atoms with Crippen LogP contribution in [0.15, 0.2) is 246 Å². The highest BCUT2D eigenvalue weighted by Crippen LogP contribution is 2.63. The average Bonchev–Trinajstić information content (AvgIpc) is 3.67. The van der Waals surface area contributed by atoms with E-state index in [2.05, 4.69) is 237 Å². The maximum atomic E-state index is 5.57. The highest BCUT2D eigenvalue weighted by atomic mass is 32.2. The largest absolute Gasteiger partial charge is 0.247 e. The zero-order valence-electron chi connectivity index (χ0n) is 35.9. The second-order valence-corrected chi connectivity index (χ2v) is 18.8. The van der Waals surface area contributed by atoms with E-state index in [4.69, 9.17) is 4.98 Å². The summed E-state index contributed by atoms with van der Waals surface area (Å²) in [5, 5.41) is 8.47. The van der Waals surface area contributed by atoms with Crippen LogP contribution in [0.5, 0.6) is 0 Å². The molecule has 0 fully saturated rings. The van der Waals surface area contributed by atoms with Crippen molar-refractivity contribution >= 4 is 55.0 Å². The normalized spacial score (nSPS) is 13.2. The van der Waals surface area contributed by atoms with E-state index in [0.717, 1.165) is 27.5 Å². The summed E-state index contributed by atoms with van der Waals surface area (Å²) in [5.74, 6) is 0. The van der Waals surface area contributed by atoms with Gasteiger partial charge in [0.1, 0.15) is 0 Å². The number of pyridine rings is 1. The van der Waals surface area contributed by atoms with Crippen molar-refractivity contribution in [1.29, 1.82) is 0 Å².